The van der Waals surface area contributed by atoms with Crippen molar-refractivity contribution in [2.24, 2.45) is 0 Å². The van der Waals surface area contributed by atoms with E-state index < -0.39 is 5.97 Å². The summed E-state index contributed by atoms with van der Waals surface area (Å²) < 4.78 is 1.03. The second-order valence-corrected chi connectivity index (χ2v) is 5.94. The van der Waals surface area contributed by atoms with E-state index in [1.807, 2.05) is 17.0 Å². The highest BCUT2D eigenvalue weighted by molar-refractivity contribution is 9.10. The molecule has 1 aliphatic heterocycles. The first-order valence-electron chi connectivity index (χ1n) is 6.88. The molecule has 0 atom stereocenters. The molecule has 1 aromatic carbocycles. The minimum atomic E-state index is -0.800. The Hall–Kier alpha value is -1.36. The number of unbranched alkanes of at least 4 members (excludes halogenated alkanes) is 1. The number of halogens is 1. The molecule has 4 nitrogen and oxygen atoms in total. The van der Waals surface area contributed by atoms with Gasteiger partial charge in [0.25, 0.3) is 0 Å². The Morgan fingerprint density at radius 1 is 1.25 bits per heavy atom. The van der Waals surface area contributed by atoms with Gasteiger partial charge in [0.05, 0.1) is 0 Å². The summed E-state index contributed by atoms with van der Waals surface area (Å²) in [5, 5.41) is 8.58. The average Bonchev–Trinajstić information content (AvgIpc) is 2.42. The smallest absolute Gasteiger partial charge is 0.303 e. The Morgan fingerprint density at radius 2 is 2.00 bits per heavy atom. The molecule has 0 fully saturated rings. The van der Waals surface area contributed by atoms with Gasteiger partial charge in [0.1, 0.15) is 0 Å². The van der Waals surface area contributed by atoms with Gasteiger partial charge in [0.15, 0.2) is 0 Å². The van der Waals surface area contributed by atoms with E-state index in [0.717, 1.165) is 29.5 Å². The van der Waals surface area contributed by atoms with Crippen LogP contribution in [0.3, 0.4) is 0 Å². The van der Waals surface area contributed by atoms with E-state index in [9.17, 15) is 9.59 Å². The largest absolute Gasteiger partial charge is 0.481 e. The predicted octanol–water partition coefficient (Wildman–Crippen LogP) is 3.37. The van der Waals surface area contributed by atoms with Crippen LogP contribution >= 0.6 is 15.9 Å². The lowest BCUT2D eigenvalue weighted by Crippen LogP contribution is -2.35. The molecule has 0 saturated heterocycles. The Labute approximate surface area is 126 Å². The van der Waals surface area contributed by atoms with E-state index in [4.69, 9.17) is 5.11 Å². The summed E-state index contributed by atoms with van der Waals surface area (Å²) in [5.74, 6) is -0.704. The summed E-state index contributed by atoms with van der Waals surface area (Å²) in [6.07, 6.45) is 3.72. The highest BCUT2D eigenvalue weighted by atomic mass is 79.9. The second-order valence-electron chi connectivity index (χ2n) is 5.02. The van der Waals surface area contributed by atoms with E-state index in [0.29, 0.717) is 19.3 Å². The molecule has 108 valence electrons. The second kappa shape index (κ2) is 6.88. The van der Waals surface area contributed by atoms with Gasteiger partial charge in [-0.1, -0.05) is 15.9 Å². The molecule has 2 rings (SSSR count). The first kappa shape index (κ1) is 15.0. The lowest BCUT2D eigenvalue weighted by atomic mass is 10.0. The summed E-state index contributed by atoms with van der Waals surface area (Å²) in [4.78, 5) is 24.5. The molecule has 1 amide bonds. The number of hydrogen-bond donors (Lipinski definition) is 1. The number of carbonyl (C=O) groups excluding carboxylic acids is 1. The number of rotatable bonds is 5. The molecule has 0 saturated carbocycles. The van der Waals surface area contributed by atoms with Crippen molar-refractivity contribution in [3.63, 3.8) is 0 Å². The van der Waals surface area contributed by atoms with Gasteiger partial charge in [-0.15, -0.1) is 0 Å². The van der Waals surface area contributed by atoms with Gasteiger partial charge >= 0.3 is 5.97 Å². The van der Waals surface area contributed by atoms with Crippen LogP contribution in [0.5, 0.6) is 0 Å². The minimum absolute atomic E-state index is 0.0960. The SMILES string of the molecule is O=C(O)CCCCC(=O)N1CCCc2cc(Br)ccc21. The number of hydrogen-bond acceptors (Lipinski definition) is 2. The summed E-state index contributed by atoms with van der Waals surface area (Å²) in [5.41, 5.74) is 2.20. The molecule has 0 spiro atoms. The highest BCUT2D eigenvalue weighted by Crippen LogP contribution is 2.30. The Kier molecular flexibility index (Phi) is 5.17. The van der Waals surface area contributed by atoms with Gasteiger partial charge in [-0.2, -0.15) is 0 Å². The van der Waals surface area contributed by atoms with Gasteiger partial charge in [0, 0.05) is 29.5 Å². The van der Waals surface area contributed by atoms with Crippen LogP contribution in [0.25, 0.3) is 0 Å². The number of anilines is 1. The lowest BCUT2D eigenvalue weighted by molar-refractivity contribution is -0.137. The lowest BCUT2D eigenvalue weighted by Gasteiger charge is -2.29. The maximum atomic E-state index is 12.3. The number of carbonyl (C=O) groups is 2. The van der Waals surface area contributed by atoms with Crippen LogP contribution in [0.15, 0.2) is 22.7 Å². The number of benzene rings is 1. The van der Waals surface area contributed by atoms with Crippen molar-refractivity contribution in [3.8, 4) is 0 Å². The van der Waals surface area contributed by atoms with Crippen LogP contribution in [0.1, 0.15) is 37.7 Å². The van der Waals surface area contributed by atoms with Crippen molar-refractivity contribution in [1.82, 2.24) is 0 Å². The summed E-state index contributed by atoms with van der Waals surface area (Å²) in [6, 6.07) is 6.00. The molecular weight excluding hydrogens is 322 g/mol. The van der Waals surface area contributed by atoms with Crippen molar-refractivity contribution in [2.75, 3.05) is 11.4 Å². The normalized spacial score (nSPS) is 13.9. The Bertz CT molecular complexity index is 516. The van der Waals surface area contributed by atoms with E-state index in [-0.39, 0.29) is 12.3 Å². The molecule has 20 heavy (non-hydrogen) atoms. The summed E-state index contributed by atoms with van der Waals surface area (Å²) in [6.45, 7) is 0.756. The van der Waals surface area contributed by atoms with E-state index in [1.54, 1.807) is 0 Å². The van der Waals surface area contributed by atoms with Crippen molar-refractivity contribution >= 4 is 33.5 Å². The fourth-order valence-electron chi connectivity index (χ4n) is 2.51. The predicted molar refractivity (Wildman–Crippen MR) is 80.9 cm³/mol. The molecular formula is C15H18BrNO3. The van der Waals surface area contributed by atoms with E-state index in [1.165, 1.54) is 5.56 Å². The molecule has 0 aromatic heterocycles. The minimum Gasteiger partial charge on any atom is -0.481 e. The highest BCUT2D eigenvalue weighted by Gasteiger charge is 2.22. The zero-order valence-corrected chi connectivity index (χ0v) is 12.9. The molecule has 5 heteroatoms. The molecule has 1 aromatic rings. The molecule has 0 aliphatic carbocycles. The van der Waals surface area contributed by atoms with Crippen molar-refractivity contribution in [2.45, 2.75) is 38.5 Å². The monoisotopic (exact) mass is 339 g/mol. The number of amides is 1. The Morgan fingerprint density at radius 3 is 2.75 bits per heavy atom. The van der Waals surface area contributed by atoms with Gasteiger partial charge in [-0.05, 0) is 49.4 Å². The fraction of sp³-hybridized carbons (Fsp3) is 0.467. The third-order valence-electron chi connectivity index (χ3n) is 3.49. The molecule has 0 radical (unpaired) electrons. The van der Waals surface area contributed by atoms with Gasteiger partial charge in [-0.3, -0.25) is 9.59 Å². The zero-order chi connectivity index (χ0) is 14.5. The molecule has 1 aliphatic rings. The van der Waals surface area contributed by atoms with Gasteiger partial charge < -0.3 is 10.0 Å². The summed E-state index contributed by atoms with van der Waals surface area (Å²) in [7, 11) is 0. The molecule has 0 unspecified atom stereocenters. The number of aliphatic carboxylic acids is 1. The standard InChI is InChI=1S/C15H18BrNO3/c16-12-7-8-13-11(10-12)4-3-9-17(13)14(18)5-1-2-6-15(19)20/h7-8,10H,1-6,9H2,(H,19,20). The summed E-state index contributed by atoms with van der Waals surface area (Å²) >= 11 is 3.45. The number of fused-ring (bicyclic) bond motifs is 1. The van der Waals surface area contributed by atoms with E-state index >= 15 is 0 Å². The third-order valence-corrected chi connectivity index (χ3v) is 3.99. The van der Waals surface area contributed by atoms with Crippen molar-refractivity contribution in [1.29, 1.82) is 0 Å². The van der Waals surface area contributed by atoms with E-state index in [2.05, 4.69) is 22.0 Å². The number of aryl methyl sites for hydroxylation is 1. The quantitative estimate of drug-likeness (QED) is 0.836. The van der Waals surface area contributed by atoms with Crippen LogP contribution in [-0.4, -0.2) is 23.5 Å². The van der Waals surface area contributed by atoms with Crippen LogP contribution in [0.2, 0.25) is 0 Å². The molecule has 1 N–H and O–H groups in total. The Balaban J connectivity index is 1.96. The third kappa shape index (κ3) is 3.82. The van der Waals surface area contributed by atoms with Crippen LogP contribution < -0.4 is 4.90 Å². The van der Waals surface area contributed by atoms with Crippen molar-refractivity contribution in [3.05, 3.63) is 28.2 Å². The number of carboxylic acids is 1. The van der Waals surface area contributed by atoms with Crippen molar-refractivity contribution < 1.29 is 14.7 Å². The number of nitrogens with zero attached hydrogens (tertiary/aromatic N) is 1. The first-order chi connectivity index (χ1) is 9.58. The first-order valence-corrected chi connectivity index (χ1v) is 7.68. The fourth-order valence-corrected chi connectivity index (χ4v) is 2.92. The van der Waals surface area contributed by atoms with Crippen LogP contribution in [0, 0.1) is 0 Å². The maximum absolute atomic E-state index is 12.3. The number of carboxylic acid groups (broad SMARTS) is 1. The zero-order valence-electron chi connectivity index (χ0n) is 11.3. The molecule has 0 bridgehead atoms. The van der Waals surface area contributed by atoms with Gasteiger partial charge in [0.2, 0.25) is 5.91 Å². The van der Waals surface area contributed by atoms with Crippen LogP contribution in [-0.2, 0) is 16.0 Å². The van der Waals surface area contributed by atoms with Gasteiger partial charge in [-0.25, -0.2) is 0 Å². The maximum Gasteiger partial charge on any atom is 0.303 e. The topological polar surface area (TPSA) is 57.6 Å². The molecule has 1 heterocycles. The van der Waals surface area contributed by atoms with Crippen LogP contribution in [0.4, 0.5) is 5.69 Å². The average molecular weight is 340 g/mol.